The molecule has 22 heavy (non-hydrogen) atoms. The number of hydrogen-bond acceptors (Lipinski definition) is 4. The first-order valence-corrected chi connectivity index (χ1v) is 8.37. The zero-order valence-electron chi connectivity index (χ0n) is 12.3. The zero-order valence-corrected chi connectivity index (χ0v) is 13.1. The zero-order chi connectivity index (χ0) is 15.2. The van der Waals surface area contributed by atoms with Gasteiger partial charge in [-0.15, -0.1) is 11.3 Å². The van der Waals surface area contributed by atoms with Gasteiger partial charge in [-0.05, 0) is 24.5 Å². The van der Waals surface area contributed by atoms with Crippen molar-refractivity contribution in [3.05, 3.63) is 53.5 Å². The normalized spacial score (nSPS) is 16.1. The van der Waals surface area contributed by atoms with Gasteiger partial charge in [0.15, 0.2) is 5.13 Å². The molecule has 1 amide bonds. The Morgan fingerprint density at radius 1 is 1.27 bits per heavy atom. The van der Waals surface area contributed by atoms with Gasteiger partial charge in [0.2, 0.25) is 5.91 Å². The second kappa shape index (κ2) is 7.22. The molecule has 114 valence electrons. The van der Waals surface area contributed by atoms with Crippen LogP contribution in [0.2, 0.25) is 0 Å². The number of aromatic nitrogens is 1. The molecule has 0 spiro atoms. The van der Waals surface area contributed by atoms with Crippen LogP contribution in [-0.2, 0) is 4.79 Å². The number of nitrogens with one attached hydrogen (secondary N) is 1. The highest BCUT2D eigenvalue weighted by molar-refractivity contribution is 7.13. The van der Waals surface area contributed by atoms with E-state index in [1.54, 1.807) is 17.4 Å². The molecular weight excluding hydrogens is 294 g/mol. The topological polar surface area (TPSA) is 45.2 Å². The molecule has 0 unspecified atom stereocenters. The highest BCUT2D eigenvalue weighted by atomic mass is 32.1. The third-order valence-corrected chi connectivity index (χ3v) is 4.59. The number of piperidine rings is 1. The van der Waals surface area contributed by atoms with Gasteiger partial charge in [0.05, 0.1) is 0 Å². The van der Waals surface area contributed by atoms with E-state index in [0.29, 0.717) is 0 Å². The van der Waals surface area contributed by atoms with Crippen molar-refractivity contribution >= 4 is 28.5 Å². The van der Waals surface area contributed by atoms with Crippen LogP contribution in [0.4, 0.5) is 5.13 Å². The van der Waals surface area contributed by atoms with Gasteiger partial charge in [0, 0.05) is 36.8 Å². The average Bonchev–Trinajstić information content (AvgIpc) is 3.09. The Bertz CT molecular complexity index is 617. The highest BCUT2D eigenvalue weighted by Crippen LogP contribution is 2.21. The SMILES string of the molecule is O=C(C=Cc1ccccc1)NC1CCN(c2nccs2)CC1. The number of rotatable bonds is 4. The van der Waals surface area contributed by atoms with Crippen molar-refractivity contribution in [1.82, 2.24) is 10.3 Å². The summed E-state index contributed by atoms with van der Waals surface area (Å²) in [5.74, 6) is -0.0171. The summed E-state index contributed by atoms with van der Waals surface area (Å²) in [6, 6.07) is 10.1. The molecule has 0 aliphatic carbocycles. The number of amides is 1. The fraction of sp³-hybridized carbons (Fsp3) is 0.294. The maximum Gasteiger partial charge on any atom is 0.244 e. The van der Waals surface area contributed by atoms with E-state index in [9.17, 15) is 4.79 Å². The minimum atomic E-state index is -0.0171. The Kier molecular flexibility index (Phi) is 4.85. The van der Waals surface area contributed by atoms with Gasteiger partial charge in [0.25, 0.3) is 0 Å². The summed E-state index contributed by atoms with van der Waals surface area (Å²) in [5.41, 5.74) is 1.04. The predicted molar refractivity (Wildman–Crippen MR) is 91.0 cm³/mol. The van der Waals surface area contributed by atoms with E-state index >= 15 is 0 Å². The van der Waals surface area contributed by atoms with Crippen LogP contribution in [0, 0.1) is 0 Å². The number of nitrogens with zero attached hydrogens (tertiary/aromatic N) is 2. The smallest absolute Gasteiger partial charge is 0.244 e. The molecule has 1 aromatic heterocycles. The third kappa shape index (κ3) is 3.95. The molecule has 1 aliphatic rings. The van der Waals surface area contributed by atoms with Crippen LogP contribution in [0.15, 0.2) is 48.0 Å². The van der Waals surface area contributed by atoms with E-state index in [-0.39, 0.29) is 11.9 Å². The molecule has 0 bridgehead atoms. The van der Waals surface area contributed by atoms with Gasteiger partial charge in [-0.25, -0.2) is 4.98 Å². The van der Waals surface area contributed by atoms with Gasteiger partial charge in [0.1, 0.15) is 0 Å². The quantitative estimate of drug-likeness (QED) is 0.883. The Hall–Kier alpha value is -2.14. The molecule has 2 aromatic rings. The molecule has 1 N–H and O–H groups in total. The van der Waals surface area contributed by atoms with E-state index < -0.39 is 0 Å². The van der Waals surface area contributed by atoms with E-state index in [1.807, 2.05) is 48.0 Å². The lowest BCUT2D eigenvalue weighted by Crippen LogP contribution is -2.44. The van der Waals surface area contributed by atoms with Gasteiger partial charge in [-0.3, -0.25) is 4.79 Å². The van der Waals surface area contributed by atoms with Gasteiger partial charge < -0.3 is 10.2 Å². The maximum absolute atomic E-state index is 12.0. The van der Waals surface area contributed by atoms with Crippen LogP contribution in [-0.4, -0.2) is 30.0 Å². The molecule has 1 aromatic carbocycles. The minimum absolute atomic E-state index is 0.0171. The lowest BCUT2D eigenvalue weighted by atomic mass is 10.1. The van der Waals surface area contributed by atoms with Crippen molar-refractivity contribution in [3.63, 3.8) is 0 Å². The molecule has 3 rings (SSSR count). The molecular formula is C17H19N3OS. The van der Waals surface area contributed by atoms with Crippen molar-refractivity contribution in [1.29, 1.82) is 0 Å². The Labute approximate surface area is 134 Å². The fourth-order valence-corrected chi connectivity index (χ4v) is 3.27. The number of anilines is 1. The summed E-state index contributed by atoms with van der Waals surface area (Å²) in [5, 5.41) is 6.16. The molecule has 0 radical (unpaired) electrons. The first kappa shape index (κ1) is 14.8. The number of benzene rings is 1. The maximum atomic E-state index is 12.0. The molecule has 5 heteroatoms. The Morgan fingerprint density at radius 3 is 2.73 bits per heavy atom. The summed E-state index contributed by atoms with van der Waals surface area (Å²) < 4.78 is 0. The second-order valence-corrected chi connectivity index (χ2v) is 6.20. The van der Waals surface area contributed by atoms with Crippen LogP contribution in [0.1, 0.15) is 18.4 Å². The lowest BCUT2D eigenvalue weighted by Gasteiger charge is -2.31. The van der Waals surface area contributed by atoms with E-state index in [2.05, 4.69) is 15.2 Å². The summed E-state index contributed by atoms with van der Waals surface area (Å²) in [6.07, 6.45) is 7.22. The summed E-state index contributed by atoms with van der Waals surface area (Å²) in [7, 11) is 0. The molecule has 1 aliphatic heterocycles. The highest BCUT2D eigenvalue weighted by Gasteiger charge is 2.21. The Balaban J connectivity index is 1.46. The van der Waals surface area contributed by atoms with Crippen LogP contribution < -0.4 is 10.2 Å². The molecule has 1 fully saturated rings. The van der Waals surface area contributed by atoms with Crippen LogP contribution in [0.25, 0.3) is 6.08 Å². The number of hydrogen-bond donors (Lipinski definition) is 1. The van der Waals surface area contributed by atoms with Crippen molar-refractivity contribution < 1.29 is 4.79 Å². The van der Waals surface area contributed by atoms with Crippen LogP contribution >= 0.6 is 11.3 Å². The van der Waals surface area contributed by atoms with E-state index in [0.717, 1.165) is 36.6 Å². The summed E-state index contributed by atoms with van der Waals surface area (Å²) in [4.78, 5) is 18.6. The first-order valence-electron chi connectivity index (χ1n) is 7.49. The molecule has 0 atom stereocenters. The lowest BCUT2D eigenvalue weighted by molar-refractivity contribution is -0.117. The number of carbonyl (C=O) groups excluding carboxylic acids is 1. The Morgan fingerprint density at radius 2 is 2.05 bits per heavy atom. The van der Waals surface area contributed by atoms with Crippen LogP contribution in [0.5, 0.6) is 0 Å². The average molecular weight is 313 g/mol. The fourth-order valence-electron chi connectivity index (χ4n) is 2.57. The molecule has 2 heterocycles. The van der Waals surface area contributed by atoms with Crippen molar-refractivity contribution in [2.75, 3.05) is 18.0 Å². The van der Waals surface area contributed by atoms with E-state index in [4.69, 9.17) is 0 Å². The van der Waals surface area contributed by atoms with Gasteiger partial charge >= 0.3 is 0 Å². The van der Waals surface area contributed by atoms with Crippen LogP contribution in [0.3, 0.4) is 0 Å². The largest absolute Gasteiger partial charge is 0.350 e. The molecule has 0 saturated carbocycles. The van der Waals surface area contributed by atoms with Crippen molar-refractivity contribution in [2.24, 2.45) is 0 Å². The number of carbonyl (C=O) groups is 1. The van der Waals surface area contributed by atoms with Gasteiger partial charge in [-0.1, -0.05) is 30.3 Å². The molecule has 1 saturated heterocycles. The van der Waals surface area contributed by atoms with Crippen molar-refractivity contribution in [3.8, 4) is 0 Å². The monoisotopic (exact) mass is 313 g/mol. The summed E-state index contributed by atoms with van der Waals surface area (Å²) >= 11 is 1.67. The minimum Gasteiger partial charge on any atom is -0.350 e. The standard InChI is InChI=1S/C17H19N3OS/c21-16(7-6-14-4-2-1-3-5-14)19-15-8-11-20(12-9-15)17-18-10-13-22-17/h1-7,10,13,15H,8-9,11-12H2,(H,19,21). The van der Waals surface area contributed by atoms with E-state index in [1.165, 1.54) is 0 Å². The summed E-state index contributed by atoms with van der Waals surface area (Å²) in [6.45, 7) is 1.89. The molecule has 4 nitrogen and oxygen atoms in total. The number of thiazole rings is 1. The second-order valence-electron chi connectivity index (χ2n) is 5.33. The third-order valence-electron chi connectivity index (χ3n) is 3.76. The predicted octanol–water partition coefficient (Wildman–Crippen LogP) is 2.94. The van der Waals surface area contributed by atoms with Crippen molar-refractivity contribution in [2.45, 2.75) is 18.9 Å². The first-order chi connectivity index (χ1) is 10.8. The van der Waals surface area contributed by atoms with Gasteiger partial charge in [-0.2, -0.15) is 0 Å².